The first-order chi connectivity index (χ1) is 15.0. The maximum Gasteiger partial charge on any atom is 0.119 e. The van der Waals surface area contributed by atoms with Crippen LogP contribution in [0.5, 0.6) is 5.75 Å². The summed E-state index contributed by atoms with van der Waals surface area (Å²) in [6.07, 6.45) is 1.93. The van der Waals surface area contributed by atoms with Crippen molar-refractivity contribution in [1.29, 1.82) is 0 Å². The van der Waals surface area contributed by atoms with Crippen molar-refractivity contribution in [2.24, 2.45) is 0 Å². The summed E-state index contributed by atoms with van der Waals surface area (Å²) >= 11 is 5.47. The van der Waals surface area contributed by atoms with Gasteiger partial charge in [-0.2, -0.15) is 25.4 Å². The van der Waals surface area contributed by atoms with Crippen molar-refractivity contribution in [3.05, 3.63) is 76.9 Å². The van der Waals surface area contributed by atoms with Crippen LogP contribution in [0.15, 0.2) is 60.4 Å². The van der Waals surface area contributed by atoms with E-state index in [9.17, 15) is 0 Å². The Hall–Kier alpha value is -0.736. The van der Waals surface area contributed by atoms with E-state index in [4.69, 9.17) is 22.3 Å². The maximum atomic E-state index is 5.47. The summed E-state index contributed by atoms with van der Waals surface area (Å²) in [5, 5.41) is 4.01. The summed E-state index contributed by atoms with van der Waals surface area (Å²) in [6.45, 7) is 6.39. The normalized spacial score (nSPS) is 14.5. The summed E-state index contributed by atoms with van der Waals surface area (Å²) < 4.78 is 12.3. The third-order valence-electron chi connectivity index (χ3n) is 5.08. The van der Waals surface area contributed by atoms with E-state index in [1.54, 1.807) is 7.11 Å². The fourth-order valence-electron chi connectivity index (χ4n) is 3.28. The Labute approximate surface area is 236 Å². The molecule has 2 aromatic rings. The number of morpholine rings is 1. The van der Waals surface area contributed by atoms with Crippen LogP contribution in [0.3, 0.4) is 0 Å². The second-order valence-electron chi connectivity index (χ2n) is 7.85. The van der Waals surface area contributed by atoms with Crippen LogP contribution in [0.4, 0.5) is 5.69 Å². The average Bonchev–Trinajstić information content (AvgIpc) is 3.59. The van der Waals surface area contributed by atoms with E-state index in [0.29, 0.717) is 0 Å². The minimum absolute atomic E-state index is 0. The molecular weight excluding hydrogens is 529 g/mol. The van der Waals surface area contributed by atoms with Crippen LogP contribution in [0.1, 0.15) is 11.1 Å². The smallest absolute Gasteiger partial charge is 0.119 e. The van der Waals surface area contributed by atoms with E-state index < -0.39 is 0 Å². The van der Waals surface area contributed by atoms with E-state index >= 15 is 0 Å². The molecule has 2 heterocycles. The summed E-state index contributed by atoms with van der Waals surface area (Å²) in [5.41, 5.74) is 4.81. The van der Waals surface area contributed by atoms with Crippen molar-refractivity contribution in [3.8, 4) is 5.75 Å². The van der Waals surface area contributed by atoms with Gasteiger partial charge in [-0.1, -0.05) is 24.3 Å². The molecule has 0 saturated carbocycles. The van der Waals surface area contributed by atoms with Crippen LogP contribution >= 0.6 is 13.5 Å². The molecule has 9 heteroatoms. The second-order valence-corrected chi connectivity index (χ2v) is 8.37. The van der Waals surface area contributed by atoms with Gasteiger partial charge in [-0.25, -0.2) is 0 Å². The number of nitrogens with zero attached hydrogens (tertiary/aromatic N) is 4. The SMILES string of the molecule is C1=C(CN2CCOCC2)[N-]1.COc1cccc(CN([S-])Cc2cccc(N(C)C)c2)c1.S.[Y]. The standard InChI is InChI=1S/C17H21N2OS.C7H11N2O.H2S.Y/c1-18(2)16-8-4-6-14(10-16)12-19(21)13-15-7-5-9-17(11-15)20-3;1-3-10-4-2-9(1)6-7-5-8-7;;/h4-11H,12-13H2,1-3H3;5H,1-4,6H2;1H2;/q2*-1;;. The Kier molecular flexibility index (Phi) is 14.7. The molecule has 0 unspecified atom stereocenters. The molecule has 0 spiro atoms. The monoisotopic (exact) mass is 563 g/mol. The number of rotatable bonds is 8. The van der Waals surface area contributed by atoms with Gasteiger partial charge in [-0.15, -0.1) is 0 Å². The molecule has 0 aliphatic carbocycles. The van der Waals surface area contributed by atoms with Crippen molar-refractivity contribution < 1.29 is 42.2 Å². The van der Waals surface area contributed by atoms with Gasteiger partial charge in [-0.3, -0.25) is 4.90 Å². The van der Waals surface area contributed by atoms with Gasteiger partial charge in [0, 0.05) is 85.2 Å². The molecule has 6 nitrogen and oxygen atoms in total. The zero-order valence-corrected chi connectivity index (χ0v) is 24.4. The van der Waals surface area contributed by atoms with Gasteiger partial charge >= 0.3 is 0 Å². The molecule has 2 aliphatic rings. The Morgan fingerprint density at radius 3 is 2.21 bits per heavy atom. The predicted octanol–water partition coefficient (Wildman–Crippen LogP) is 3.88. The molecule has 1 saturated heterocycles. The van der Waals surface area contributed by atoms with Gasteiger partial charge < -0.3 is 36.8 Å². The third-order valence-corrected chi connectivity index (χ3v) is 5.34. The molecule has 2 aliphatic heterocycles. The van der Waals surface area contributed by atoms with Gasteiger partial charge in [0.05, 0.1) is 20.3 Å². The van der Waals surface area contributed by atoms with Crippen molar-refractivity contribution in [3.63, 3.8) is 0 Å². The number of methoxy groups -OCH3 is 1. The van der Waals surface area contributed by atoms with Gasteiger partial charge in [0.15, 0.2) is 0 Å². The van der Waals surface area contributed by atoms with Crippen molar-refractivity contribution in [2.75, 3.05) is 59.0 Å². The Morgan fingerprint density at radius 2 is 1.64 bits per heavy atom. The van der Waals surface area contributed by atoms with Crippen LogP contribution < -0.4 is 9.64 Å². The summed E-state index contributed by atoms with van der Waals surface area (Å²) in [5.74, 6) is 0.866. The largest absolute Gasteiger partial charge is 0.701 e. The molecule has 2 aromatic carbocycles. The number of ether oxygens (including phenoxy) is 2. The van der Waals surface area contributed by atoms with Crippen LogP contribution in [-0.2, 0) is 63.4 Å². The molecule has 0 N–H and O–H groups in total. The maximum absolute atomic E-state index is 5.47. The molecule has 1 fully saturated rings. The predicted molar refractivity (Wildman–Crippen MR) is 139 cm³/mol. The van der Waals surface area contributed by atoms with Gasteiger partial charge in [-0.05, 0) is 35.4 Å². The van der Waals surface area contributed by atoms with Crippen LogP contribution in [-0.4, -0.2) is 63.3 Å². The van der Waals surface area contributed by atoms with Crippen molar-refractivity contribution >= 4 is 32.0 Å². The minimum Gasteiger partial charge on any atom is -0.701 e. The first kappa shape index (κ1) is 30.3. The van der Waals surface area contributed by atoms with Gasteiger partial charge in [0.2, 0.25) is 0 Å². The van der Waals surface area contributed by atoms with E-state index in [0.717, 1.165) is 57.3 Å². The second kappa shape index (κ2) is 16.0. The van der Waals surface area contributed by atoms with Crippen LogP contribution in [0.2, 0.25) is 0 Å². The zero-order chi connectivity index (χ0) is 22.1. The minimum atomic E-state index is 0. The first-order valence-corrected chi connectivity index (χ1v) is 10.9. The van der Waals surface area contributed by atoms with Gasteiger partial charge in [0.1, 0.15) is 5.75 Å². The van der Waals surface area contributed by atoms with E-state index in [-0.39, 0.29) is 46.2 Å². The Bertz CT molecular complexity index is 864. The quantitative estimate of drug-likeness (QED) is 0.455. The third kappa shape index (κ3) is 11.5. The topological polar surface area (TPSA) is 42.3 Å². The fraction of sp³-hybridized carbons (Fsp3) is 0.417. The molecule has 0 atom stereocenters. The summed E-state index contributed by atoms with van der Waals surface area (Å²) in [6, 6.07) is 16.5. The van der Waals surface area contributed by atoms with E-state index in [1.807, 2.05) is 42.8 Å². The Balaban J connectivity index is 0.000000381. The summed E-state index contributed by atoms with van der Waals surface area (Å²) in [4.78, 5) is 4.46. The molecule has 0 aromatic heterocycles. The Morgan fingerprint density at radius 1 is 1.03 bits per heavy atom. The molecule has 33 heavy (non-hydrogen) atoms. The number of hydrogen-bond donors (Lipinski definition) is 0. The number of benzene rings is 2. The average molecular weight is 564 g/mol. The molecule has 0 bridgehead atoms. The first-order valence-electron chi connectivity index (χ1n) is 10.5. The number of hydrogen-bond acceptors (Lipinski definition) is 6. The van der Waals surface area contributed by atoms with Crippen molar-refractivity contribution in [1.82, 2.24) is 9.21 Å². The number of anilines is 1. The molecule has 4 rings (SSSR count). The fourth-order valence-corrected chi connectivity index (χ4v) is 3.58. The van der Waals surface area contributed by atoms with E-state index in [1.165, 1.54) is 16.9 Å². The zero-order valence-electron chi connectivity index (χ0n) is 19.7. The summed E-state index contributed by atoms with van der Waals surface area (Å²) in [7, 11) is 5.76. The van der Waals surface area contributed by atoms with Crippen molar-refractivity contribution in [2.45, 2.75) is 13.1 Å². The van der Waals surface area contributed by atoms with Gasteiger partial charge in [0.25, 0.3) is 0 Å². The molecule has 179 valence electrons. The molecular formula is C24H34N4O2S2Y-2. The molecule has 0 amide bonds. The van der Waals surface area contributed by atoms with Crippen LogP contribution in [0.25, 0.3) is 5.32 Å². The van der Waals surface area contributed by atoms with E-state index in [2.05, 4.69) is 45.4 Å². The van der Waals surface area contributed by atoms with Crippen LogP contribution in [0, 0.1) is 0 Å². The molecule has 1 radical (unpaired) electrons.